The van der Waals surface area contributed by atoms with Gasteiger partial charge in [0.1, 0.15) is 18.0 Å². The lowest BCUT2D eigenvalue weighted by Gasteiger charge is -2.33. The maximum atomic E-state index is 13.5. The number of fused-ring (bicyclic) bond motifs is 1. The number of benzene rings is 1. The number of halogens is 1. The molecule has 0 spiro atoms. The highest BCUT2D eigenvalue weighted by molar-refractivity contribution is 5.88. The summed E-state index contributed by atoms with van der Waals surface area (Å²) in [5, 5.41) is 13.9. The van der Waals surface area contributed by atoms with E-state index in [1.165, 1.54) is 18.5 Å². The molecule has 1 aliphatic heterocycles. The van der Waals surface area contributed by atoms with E-state index in [9.17, 15) is 9.50 Å². The minimum absolute atomic E-state index is 0.280. The molecule has 3 rings (SSSR count). The van der Waals surface area contributed by atoms with Crippen LogP contribution in [0.4, 0.5) is 10.2 Å². The zero-order chi connectivity index (χ0) is 16.9. The summed E-state index contributed by atoms with van der Waals surface area (Å²) in [5.41, 5.74) is 0.731. The lowest BCUT2D eigenvalue weighted by molar-refractivity contribution is 0.0327. The van der Waals surface area contributed by atoms with E-state index in [2.05, 4.69) is 20.2 Å². The van der Waals surface area contributed by atoms with Crippen LogP contribution in [0.5, 0.6) is 0 Å². The number of aliphatic hydroxyl groups is 1. The van der Waals surface area contributed by atoms with Gasteiger partial charge in [0.05, 0.1) is 18.2 Å². The molecule has 1 atom stereocenters. The first kappa shape index (κ1) is 17.0. The molecular weight excluding hydrogens is 311 g/mol. The third kappa shape index (κ3) is 4.17. The lowest BCUT2D eigenvalue weighted by atomic mass is 10.0. The first-order valence-corrected chi connectivity index (χ1v) is 8.22. The Morgan fingerprint density at radius 2 is 2.17 bits per heavy atom. The largest absolute Gasteiger partial charge is 0.389 e. The fourth-order valence-electron chi connectivity index (χ4n) is 3.14. The van der Waals surface area contributed by atoms with E-state index in [-0.39, 0.29) is 11.9 Å². The third-order valence-electron chi connectivity index (χ3n) is 4.35. The quantitative estimate of drug-likeness (QED) is 0.837. The second-order valence-electron chi connectivity index (χ2n) is 6.21. The zero-order valence-corrected chi connectivity index (χ0v) is 13.8. The van der Waals surface area contributed by atoms with Gasteiger partial charge in [0, 0.05) is 38.2 Å². The van der Waals surface area contributed by atoms with Crippen LogP contribution >= 0.6 is 0 Å². The smallest absolute Gasteiger partial charge is 0.137 e. The topological polar surface area (TPSA) is 70.5 Å². The fraction of sp³-hybridized carbons (Fsp3) is 0.529. The first-order valence-electron chi connectivity index (χ1n) is 8.22. The van der Waals surface area contributed by atoms with Crippen molar-refractivity contribution in [1.29, 1.82) is 0 Å². The van der Waals surface area contributed by atoms with Gasteiger partial charge in [0.25, 0.3) is 0 Å². The van der Waals surface area contributed by atoms with E-state index in [1.807, 2.05) is 0 Å². The molecule has 0 radical (unpaired) electrons. The molecule has 0 aliphatic carbocycles. The van der Waals surface area contributed by atoms with E-state index in [1.54, 1.807) is 13.2 Å². The van der Waals surface area contributed by atoms with Crippen molar-refractivity contribution in [3.05, 3.63) is 30.3 Å². The Hall–Kier alpha value is -1.83. The summed E-state index contributed by atoms with van der Waals surface area (Å²) in [7, 11) is 1.59. The van der Waals surface area contributed by atoms with E-state index in [0.717, 1.165) is 31.4 Å². The molecule has 24 heavy (non-hydrogen) atoms. The van der Waals surface area contributed by atoms with Gasteiger partial charge in [-0.2, -0.15) is 0 Å². The van der Waals surface area contributed by atoms with E-state index >= 15 is 0 Å². The van der Waals surface area contributed by atoms with Crippen LogP contribution in [0, 0.1) is 5.82 Å². The highest BCUT2D eigenvalue weighted by Crippen LogP contribution is 2.23. The third-order valence-corrected chi connectivity index (χ3v) is 4.35. The van der Waals surface area contributed by atoms with E-state index in [4.69, 9.17) is 4.74 Å². The monoisotopic (exact) mass is 334 g/mol. The predicted octanol–water partition coefficient (Wildman–Crippen LogP) is 1.65. The summed E-state index contributed by atoms with van der Waals surface area (Å²) in [6.45, 7) is 2.78. The number of hydrogen-bond donors (Lipinski definition) is 2. The van der Waals surface area contributed by atoms with Crippen LogP contribution in [0.25, 0.3) is 10.9 Å². The van der Waals surface area contributed by atoms with Gasteiger partial charge in [-0.25, -0.2) is 14.4 Å². The van der Waals surface area contributed by atoms with Crippen molar-refractivity contribution < 1.29 is 14.2 Å². The normalized spacial score (nSPS) is 18.0. The number of aliphatic hydroxyl groups excluding tert-OH is 1. The highest BCUT2D eigenvalue weighted by Gasteiger charge is 2.21. The average Bonchev–Trinajstić information content (AvgIpc) is 2.57. The van der Waals surface area contributed by atoms with Crippen molar-refractivity contribution in [2.75, 3.05) is 38.7 Å². The second kappa shape index (κ2) is 7.83. The van der Waals surface area contributed by atoms with Crippen LogP contribution in [0.3, 0.4) is 0 Å². The van der Waals surface area contributed by atoms with Crippen LogP contribution in [0.2, 0.25) is 0 Å². The number of nitrogens with zero attached hydrogens (tertiary/aromatic N) is 3. The average molecular weight is 334 g/mol. The van der Waals surface area contributed by atoms with Crippen LogP contribution in [0.15, 0.2) is 24.5 Å². The molecule has 1 unspecified atom stereocenters. The van der Waals surface area contributed by atoms with Crippen molar-refractivity contribution in [1.82, 2.24) is 14.9 Å². The Labute approximate surface area is 140 Å². The maximum Gasteiger partial charge on any atom is 0.137 e. The number of ether oxygens (including phenoxy) is 1. The summed E-state index contributed by atoms with van der Waals surface area (Å²) in [6.07, 6.45) is 2.94. The van der Waals surface area contributed by atoms with Crippen molar-refractivity contribution in [3.63, 3.8) is 0 Å². The number of aromatic nitrogens is 2. The molecule has 130 valence electrons. The molecule has 0 amide bonds. The lowest BCUT2D eigenvalue weighted by Crippen LogP contribution is -2.43. The summed E-state index contributed by atoms with van der Waals surface area (Å²) in [6, 6.07) is 4.82. The molecule has 1 saturated heterocycles. The van der Waals surface area contributed by atoms with Gasteiger partial charge in [-0.3, -0.25) is 0 Å². The van der Waals surface area contributed by atoms with Gasteiger partial charge in [0.15, 0.2) is 0 Å². The molecule has 1 aromatic carbocycles. The van der Waals surface area contributed by atoms with Crippen molar-refractivity contribution in [2.24, 2.45) is 0 Å². The maximum absolute atomic E-state index is 13.5. The number of likely N-dealkylation sites (tertiary alicyclic amines) is 1. The Bertz CT molecular complexity index is 677. The van der Waals surface area contributed by atoms with Gasteiger partial charge in [-0.15, -0.1) is 0 Å². The Morgan fingerprint density at radius 1 is 1.38 bits per heavy atom. The van der Waals surface area contributed by atoms with Crippen molar-refractivity contribution in [3.8, 4) is 0 Å². The van der Waals surface area contributed by atoms with Crippen molar-refractivity contribution >= 4 is 16.7 Å². The van der Waals surface area contributed by atoms with Crippen LogP contribution in [-0.4, -0.2) is 65.5 Å². The van der Waals surface area contributed by atoms with Crippen molar-refractivity contribution in [2.45, 2.75) is 25.0 Å². The van der Waals surface area contributed by atoms with E-state index in [0.29, 0.717) is 24.4 Å². The zero-order valence-electron chi connectivity index (χ0n) is 13.8. The summed E-state index contributed by atoms with van der Waals surface area (Å²) in [4.78, 5) is 10.7. The molecule has 1 aromatic heterocycles. The number of methoxy groups -OCH3 is 1. The predicted molar refractivity (Wildman–Crippen MR) is 90.5 cm³/mol. The van der Waals surface area contributed by atoms with Gasteiger partial charge in [-0.1, -0.05) is 0 Å². The minimum atomic E-state index is -0.451. The molecule has 2 N–H and O–H groups in total. The number of hydrogen-bond acceptors (Lipinski definition) is 6. The van der Waals surface area contributed by atoms with Gasteiger partial charge in [-0.05, 0) is 31.0 Å². The summed E-state index contributed by atoms with van der Waals surface area (Å²) < 4.78 is 18.5. The van der Waals surface area contributed by atoms with Crippen LogP contribution in [-0.2, 0) is 4.74 Å². The summed E-state index contributed by atoms with van der Waals surface area (Å²) >= 11 is 0. The number of anilines is 1. The Morgan fingerprint density at radius 3 is 2.92 bits per heavy atom. The fourth-order valence-corrected chi connectivity index (χ4v) is 3.14. The van der Waals surface area contributed by atoms with Gasteiger partial charge >= 0.3 is 0 Å². The number of piperidine rings is 1. The molecule has 0 saturated carbocycles. The highest BCUT2D eigenvalue weighted by atomic mass is 19.1. The standard InChI is InChI=1S/C17H23FN4O2/c1-24-10-14(23)9-22-6-4-13(5-7-22)21-17-15-8-12(18)2-3-16(15)19-11-20-17/h2-3,8,11,13-14,23H,4-7,9-10H2,1H3,(H,19,20,21). The van der Waals surface area contributed by atoms with Crippen LogP contribution in [0.1, 0.15) is 12.8 Å². The van der Waals surface area contributed by atoms with Gasteiger partial charge < -0.3 is 20.1 Å². The SMILES string of the molecule is COCC(O)CN1CCC(Nc2ncnc3ccc(F)cc23)CC1. The minimum Gasteiger partial charge on any atom is -0.389 e. The molecule has 0 bridgehead atoms. The molecule has 1 aliphatic rings. The Kier molecular flexibility index (Phi) is 5.55. The Balaban J connectivity index is 1.59. The summed E-state index contributed by atoms with van der Waals surface area (Å²) in [5.74, 6) is 0.389. The molecular formula is C17H23FN4O2. The molecule has 7 heteroatoms. The first-order chi connectivity index (χ1) is 11.7. The molecule has 6 nitrogen and oxygen atoms in total. The number of nitrogens with one attached hydrogen (secondary N) is 1. The molecule has 2 aromatic rings. The van der Waals surface area contributed by atoms with Gasteiger partial charge in [0.2, 0.25) is 0 Å². The molecule has 1 fully saturated rings. The molecule has 2 heterocycles. The number of rotatable bonds is 6. The number of β-amino-alcohol motifs (C(OH)–C–C–N with tert-alkyl or cyclic N) is 1. The van der Waals surface area contributed by atoms with Crippen LogP contribution < -0.4 is 5.32 Å². The van der Waals surface area contributed by atoms with E-state index < -0.39 is 6.10 Å². The second-order valence-corrected chi connectivity index (χ2v) is 6.21.